The third-order valence-corrected chi connectivity index (χ3v) is 5.67. The maximum atomic E-state index is 12.3. The van der Waals surface area contributed by atoms with Crippen molar-refractivity contribution in [2.24, 2.45) is 11.8 Å². The van der Waals surface area contributed by atoms with E-state index in [0.29, 0.717) is 11.1 Å². The highest BCUT2D eigenvalue weighted by atomic mass is 16.7. The number of ether oxygens (including phenoxy) is 4. The van der Waals surface area contributed by atoms with Gasteiger partial charge in [0.15, 0.2) is 0 Å². The standard InChI is InChI=1S/C22H20O6/c23-21(13-7-3-1-4-8-13)25-11-15-16(18-20(28-18)19-17(15)27-19)12-26-22(24)14-9-5-2-6-10-14/h1-10,15-20H,11-12H2/t15-,16+,17+,18-,19+,20-. The van der Waals surface area contributed by atoms with Crippen molar-refractivity contribution in [2.45, 2.75) is 24.4 Å². The predicted octanol–water partition coefficient (Wildman–Crippen LogP) is 2.48. The minimum absolute atomic E-state index is 0.00671. The molecule has 0 amide bonds. The summed E-state index contributed by atoms with van der Waals surface area (Å²) < 4.78 is 22.6. The van der Waals surface area contributed by atoms with Gasteiger partial charge in [0.1, 0.15) is 12.2 Å². The molecule has 6 heteroatoms. The number of esters is 2. The molecular weight excluding hydrogens is 360 g/mol. The Hall–Kier alpha value is -2.70. The Bertz CT molecular complexity index is 794. The lowest BCUT2D eigenvalue weighted by atomic mass is 9.80. The van der Waals surface area contributed by atoms with E-state index in [2.05, 4.69) is 0 Å². The summed E-state index contributed by atoms with van der Waals surface area (Å²) in [4.78, 5) is 24.6. The molecule has 2 saturated heterocycles. The Kier molecular flexibility index (Phi) is 4.37. The van der Waals surface area contributed by atoms with Crippen LogP contribution < -0.4 is 0 Å². The molecule has 0 radical (unpaired) electrons. The van der Waals surface area contributed by atoms with Gasteiger partial charge in [-0.25, -0.2) is 9.59 Å². The first-order chi connectivity index (χ1) is 13.7. The van der Waals surface area contributed by atoms with Gasteiger partial charge in [-0.05, 0) is 24.3 Å². The number of fused-ring (bicyclic) bond motifs is 3. The molecule has 0 bridgehead atoms. The molecule has 0 unspecified atom stereocenters. The van der Waals surface area contributed by atoms with Gasteiger partial charge in [0.25, 0.3) is 0 Å². The number of benzene rings is 2. The van der Waals surface area contributed by atoms with E-state index in [1.54, 1.807) is 48.5 Å². The summed E-state index contributed by atoms with van der Waals surface area (Å²) >= 11 is 0. The third kappa shape index (κ3) is 3.30. The fourth-order valence-electron chi connectivity index (χ4n) is 4.07. The molecule has 28 heavy (non-hydrogen) atoms. The average molecular weight is 380 g/mol. The van der Waals surface area contributed by atoms with E-state index in [1.807, 2.05) is 12.1 Å². The van der Waals surface area contributed by atoms with Crippen LogP contribution >= 0.6 is 0 Å². The Morgan fingerprint density at radius 3 is 1.43 bits per heavy atom. The summed E-state index contributed by atoms with van der Waals surface area (Å²) in [6, 6.07) is 17.8. The molecule has 0 aromatic heterocycles. The molecular formula is C22H20O6. The van der Waals surface area contributed by atoms with E-state index in [9.17, 15) is 9.59 Å². The molecule has 0 spiro atoms. The Morgan fingerprint density at radius 2 is 1.04 bits per heavy atom. The zero-order valence-electron chi connectivity index (χ0n) is 15.1. The summed E-state index contributed by atoms with van der Waals surface area (Å²) in [5, 5.41) is 0. The van der Waals surface area contributed by atoms with Crippen molar-refractivity contribution in [2.75, 3.05) is 13.2 Å². The maximum Gasteiger partial charge on any atom is 0.338 e. The molecule has 5 rings (SSSR count). The fourth-order valence-corrected chi connectivity index (χ4v) is 4.07. The van der Waals surface area contributed by atoms with Crippen LogP contribution in [0.4, 0.5) is 0 Å². The van der Waals surface area contributed by atoms with Gasteiger partial charge in [-0.3, -0.25) is 0 Å². The van der Waals surface area contributed by atoms with Crippen molar-refractivity contribution in [1.29, 1.82) is 0 Å². The fraction of sp³-hybridized carbons (Fsp3) is 0.364. The van der Waals surface area contributed by atoms with Crippen LogP contribution in [0.5, 0.6) is 0 Å². The molecule has 2 aromatic rings. The van der Waals surface area contributed by atoms with Gasteiger partial charge in [-0.1, -0.05) is 36.4 Å². The van der Waals surface area contributed by atoms with Crippen LogP contribution in [0.15, 0.2) is 60.7 Å². The second kappa shape index (κ2) is 7.04. The summed E-state index contributed by atoms with van der Waals surface area (Å²) in [7, 11) is 0. The average Bonchev–Trinajstić information content (AvgIpc) is 3.64. The minimum atomic E-state index is -0.364. The van der Waals surface area contributed by atoms with Gasteiger partial charge >= 0.3 is 11.9 Å². The minimum Gasteiger partial charge on any atom is -0.462 e. The van der Waals surface area contributed by atoms with Crippen LogP contribution in [0.3, 0.4) is 0 Å². The highest BCUT2D eigenvalue weighted by Gasteiger charge is 2.69. The van der Waals surface area contributed by atoms with Gasteiger partial charge in [0.2, 0.25) is 0 Å². The molecule has 1 saturated carbocycles. The molecule has 3 fully saturated rings. The number of rotatable bonds is 6. The van der Waals surface area contributed by atoms with Gasteiger partial charge in [0.05, 0.1) is 36.5 Å². The molecule has 3 aliphatic rings. The molecule has 1 aliphatic carbocycles. The summed E-state index contributed by atoms with van der Waals surface area (Å²) in [5.74, 6) is -0.830. The van der Waals surface area contributed by atoms with Gasteiger partial charge in [-0.15, -0.1) is 0 Å². The Labute approximate surface area is 162 Å². The van der Waals surface area contributed by atoms with E-state index in [1.165, 1.54) is 0 Å². The molecule has 2 aromatic carbocycles. The van der Waals surface area contributed by atoms with Crippen molar-refractivity contribution in [3.63, 3.8) is 0 Å². The first-order valence-corrected chi connectivity index (χ1v) is 9.47. The number of epoxide rings is 2. The van der Waals surface area contributed by atoms with Crippen LogP contribution in [-0.2, 0) is 18.9 Å². The monoisotopic (exact) mass is 380 g/mol. The van der Waals surface area contributed by atoms with Crippen LogP contribution in [0.25, 0.3) is 0 Å². The third-order valence-electron chi connectivity index (χ3n) is 5.67. The number of carbonyl (C=O) groups excluding carboxylic acids is 2. The lowest BCUT2D eigenvalue weighted by Crippen LogP contribution is -2.39. The second-order valence-electron chi connectivity index (χ2n) is 7.39. The van der Waals surface area contributed by atoms with Gasteiger partial charge in [0, 0.05) is 11.8 Å². The van der Waals surface area contributed by atoms with Crippen molar-refractivity contribution >= 4 is 11.9 Å². The predicted molar refractivity (Wildman–Crippen MR) is 97.8 cm³/mol. The number of hydrogen-bond acceptors (Lipinski definition) is 6. The van der Waals surface area contributed by atoms with Gasteiger partial charge in [-0.2, -0.15) is 0 Å². The van der Waals surface area contributed by atoms with Crippen molar-refractivity contribution in [3.8, 4) is 0 Å². The zero-order chi connectivity index (χ0) is 19.1. The first kappa shape index (κ1) is 17.4. The second-order valence-corrected chi connectivity index (χ2v) is 7.39. The number of hydrogen-bond donors (Lipinski definition) is 0. The zero-order valence-corrected chi connectivity index (χ0v) is 15.1. The summed E-state index contributed by atoms with van der Waals surface area (Å²) in [6.07, 6.45) is 0.138. The highest BCUT2D eigenvalue weighted by Crippen LogP contribution is 2.54. The quantitative estimate of drug-likeness (QED) is 0.566. The van der Waals surface area contributed by atoms with Crippen molar-refractivity contribution < 1.29 is 28.5 Å². The van der Waals surface area contributed by atoms with Crippen LogP contribution in [0.1, 0.15) is 20.7 Å². The molecule has 2 aliphatic heterocycles. The summed E-state index contributed by atoms with van der Waals surface area (Å²) in [6.45, 7) is 0.435. The van der Waals surface area contributed by atoms with E-state index < -0.39 is 0 Å². The van der Waals surface area contributed by atoms with Gasteiger partial charge < -0.3 is 18.9 Å². The van der Waals surface area contributed by atoms with Crippen LogP contribution in [-0.4, -0.2) is 49.6 Å². The topological polar surface area (TPSA) is 77.7 Å². The molecule has 6 nitrogen and oxygen atoms in total. The normalized spacial score (nSPS) is 31.9. The molecule has 2 heterocycles. The summed E-state index contributed by atoms with van der Waals surface area (Å²) in [5.41, 5.74) is 1.03. The lowest BCUT2D eigenvalue weighted by molar-refractivity contribution is 0.0125. The van der Waals surface area contributed by atoms with Crippen LogP contribution in [0.2, 0.25) is 0 Å². The smallest absolute Gasteiger partial charge is 0.338 e. The van der Waals surface area contributed by atoms with E-state index in [-0.39, 0.29) is 61.4 Å². The molecule has 144 valence electrons. The van der Waals surface area contributed by atoms with E-state index in [4.69, 9.17) is 18.9 Å². The Morgan fingerprint density at radius 1 is 0.643 bits per heavy atom. The Balaban J connectivity index is 1.23. The largest absolute Gasteiger partial charge is 0.462 e. The maximum absolute atomic E-state index is 12.3. The SMILES string of the molecule is O=C(OC[C@@H]1[C@H](COC(=O)c2ccccc2)[C@H]2O[C@H]2[C@H]2O[C@@H]12)c1ccccc1. The molecule has 6 atom stereocenters. The van der Waals surface area contributed by atoms with Crippen LogP contribution in [0, 0.1) is 11.8 Å². The van der Waals surface area contributed by atoms with E-state index in [0.717, 1.165) is 0 Å². The van der Waals surface area contributed by atoms with Crippen molar-refractivity contribution in [1.82, 2.24) is 0 Å². The first-order valence-electron chi connectivity index (χ1n) is 9.47. The molecule has 0 N–H and O–H groups in total. The van der Waals surface area contributed by atoms with E-state index >= 15 is 0 Å². The lowest BCUT2D eigenvalue weighted by Gasteiger charge is -2.26. The number of carbonyl (C=O) groups is 2. The highest BCUT2D eigenvalue weighted by molar-refractivity contribution is 5.89. The van der Waals surface area contributed by atoms with Crippen molar-refractivity contribution in [3.05, 3.63) is 71.8 Å².